The quantitative estimate of drug-likeness (QED) is 0.0287. The number of phenols is 2. The van der Waals surface area contributed by atoms with Gasteiger partial charge in [0.1, 0.15) is 28.6 Å². The minimum absolute atomic E-state index is 0. The lowest BCUT2D eigenvalue weighted by Gasteiger charge is -2.21. The van der Waals surface area contributed by atoms with Crippen LogP contribution in [0.4, 0.5) is 68.8 Å². The number of nitrogens with zero attached hydrogens (tertiary/aromatic N) is 16. The topological polar surface area (TPSA) is 177 Å². The maximum Gasteiger partial charge on any atom is 0.351 e. The van der Waals surface area contributed by atoms with Crippen molar-refractivity contribution in [1.82, 2.24) is 4.98 Å². The van der Waals surface area contributed by atoms with E-state index in [-0.39, 0.29) is 62.4 Å². The molecule has 0 unspecified atom stereocenters. The summed E-state index contributed by atoms with van der Waals surface area (Å²) in [6.07, 6.45) is 7.59. The van der Waals surface area contributed by atoms with Crippen molar-refractivity contribution < 1.29 is 74.9 Å². The van der Waals surface area contributed by atoms with Crippen LogP contribution in [0.25, 0.3) is 0 Å². The number of pyridine rings is 4. The molecule has 0 saturated heterocycles. The van der Waals surface area contributed by atoms with E-state index < -0.39 is 0 Å². The van der Waals surface area contributed by atoms with Crippen molar-refractivity contribution in [2.24, 2.45) is 40.9 Å². The number of rotatable bonds is 23. The summed E-state index contributed by atoms with van der Waals surface area (Å²) in [5.74, 6) is 3.05. The van der Waals surface area contributed by atoms with Gasteiger partial charge in [-0.2, -0.15) is 0 Å². The van der Waals surface area contributed by atoms with E-state index in [2.05, 4.69) is 155 Å². The van der Waals surface area contributed by atoms with Gasteiger partial charge in [0, 0.05) is 130 Å². The van der Waals surface area contributed by atoms with Crippen molar-refractivity contribution in [2.45, 2.75) is 60.2 Å². The third-order valence-corrected chi connectivity index (χ3v) is 14.6. The van der Waals surface area contributed by atoms with Crippen molar-refractivity contribution in [3.8, 4) is 11.5 Å². The maximum absolute atomic E-state index is 10.6. The predicted octanol–water partition coefficient (Wildman–Crippen LogP) is 7.63. The summed E-state index contributed by atoms with van der Waals surface area (Å²) in [5.41, 5.74) is 6.72. The monoisotopic (exact) mass is 1550 g/mol. The number of anilines is 4. The lowest BCUT2D eigenvalue weighted by atomic mass is 10.2. The molecule has 0 radical (unpaired) electrons. The Morgan fingerprint density at radius 1 is 0.453 bits per heavy atom. The first-order chi connectivity index (χ1) is 40.2. The van der Waals surface area contributed by atoms with Crippen molar-refractivity contribution >= 4 is 117 Å². The summed E-state index contributed by atoms with van der Waals surface area (Å²) in [6.45, 7) is 14.2. The molecule has 0 saturated carbocycles. The molecule has 18 nitrogen and oxygen atoms in total. The third-order valence-electron chi connectivity index (χ3n) is 12.8. The molecule has 4 aromatic carbocycles. The molecule has 0 spiro atoms. The number of aromatic nitrogens is 4. The number of halogens is 6. The smallest absolute Gasteiger partial charge is 0.351 e. The van der Waals surface area contributed by atoms with Gasteiger partial charge in [-0.1, -0.05) is 28.1 Å². The van der Waals surface area contributed by atoms with E-state index in [4.69, 9.17) is 0 Å². The van der Waals surface area contributed by atoms with Crippen molar-refractivity contribution in [1.29, 1.82) is 0 Å². The van der Waals surface area contributed by atoms with Gasteiger partial charge < -0.3 is 80.8 Å². The van der Waals surface area contributed by atoms with Gasteiger partial charge in [-0.15, -0.1) is 10.2 Å². The second kappa shape index (κ2) is 39.4. The molecular weight excluding hydrogens is 1480 g/mol. The molecule has 0 atom stereocenters. The summed E-state index contributed by atoms with van der Waals surface area (Å²) in [4.78, 5) is 12.5. The molecule has 86 heavy (non-hydrogen) atoms. The Morgan fingerprint density at radius 2 is 0.895 bits per heavy atom. The van der Waals surface area contributed by atoms with E-state index >= 15 is 0 Å². The minimum atomic E-state index is 0. The Morgan fingerprint density at radius 3 is 1.33 bits per heavy atom. The van der Waals surface area contributed by atoms with Crippen LogP contribution in [-0.2, 0) is 19.6 Å². The molecule has 4 heterocycles. The number of aromatic hydroxyl groups is 2. The summed E-state index contributed by atoms with van der Waals surface area (Å²) in [6, 6.07) is 48.2. The number of azo groups is 4. The Hall–Kier alpha value is -6.44. The molecule has 0 aliphatic carbocycles. The van der Waals surface area contributed by atoms with E-state index in [1.807, 2.05) is 162 Å². The standard InChI is InChI=1S/C31H36BrN8O.C16H20BrN4.C15H17BrN4O.3BrH/c1-5-38(6-2)26-18-19-27(28(41)23-26)34-36-31-13-9-11-29(32)40(31)22-10-21-39-20-8-7-12-30(39)35-33-24-14-16-25(17-15-24)37(3)4;1-20(2)15-9-7-14(8-10-15)18-19-16-6-3-4-12-21(16)13-5-11-17;1-3-20(4-2)12-6-7-13(14(21)9-12)18-19-15-8-5-11(16)10-17-15;;;/h7-9,11-20,23H,5-6,10,21-22H2,1-4H3;3-4,6-10,12H,5,11,13H2,1-2H3;5-10,21H,3-4H2,1-2H3;3*1H/q2*+1;;;;/p-2. The molecule has 0 aliphatic heterocycles. The van der Waals surface area contributed by atoms with Crippen LogP contribution in [0, 0.1) is 0 Å². The molecule has 0 aliphatic rings. The minimum Gasteiger partial charge on any atom is -1.00 e. The van der Waals surface area contributed by atoms with Crippen LogP contribution < -0.4 is 84.2 Å². The van der Waals surface area contributed by atoms with E-state index in [9.17, 15) is 10.2 Å². The van der Waals surface area contributed by atoms with E-state index in [0.29, 0.717) is 29.6 Å². The molecule has 0 amide bonds. The molecule has 0 fully saturated rings. The first-order valence-corrected chi connectivity index (χ1v) is 30.1. The number of benzene rings is 4. The van der Waals surface area contributed by atoms with E-state index in [1.54, 1.807) is 36.5 Å². The van der Waals surface area contributed by atoms with Crippen LogP contribution in [0.3, 0.4) is 0 Å². The van der Waals surface area contributed by atoms with Crippen LogP contribution in [0.2, 0.25) is 0 Å². The largest absolute Gasteiger partial charge is 1.00 e. The van der Waals surface area contributed by atoms with Gasteiger partial charge in [0.05, 0.1) is 47.4 Å². The number of hydrogen-bond donors (Lipinski definition) is 2. The van der Waals surface area contributed by atoms with E-state index in [1.165, 1.54) is 0 Å². The molecule has 0 bridgehead atoms. The summed E-state index contributed by atoms with van der Waals surface area (Å²) in [7, 11) is 8.07. The first-order valence-electron chi connectivity index (χ1n) is 27.4. The van der Waals surface area contributed by atoms with Gasteiger partial charge in [-0.05, 0) is 191 Å². The maximum atomic E-state index is 10.6. The second-order valence-corrected chi connectivity index (χ2v) is 21.4. The summed E-state index contributed by atoms with van der Waals surface area (Å²) < 4.78 is 8.04. The fraction of sp³-hybridized carbons (Fsp3) is 0.290. The fourth-order valence-electron chi connectivity index (χ4n) is 8.19. The van der Waals surface area contributed by atoms with Gasteiger partial charge in [-0.3, -0.25) is 0 Å². The molecule has 8 aromatic rings. The van der Waals surface area contributed by atoms with Crippen LogP contribution in [0.5, 0.6) is 11.5 Å². The molecule has 4 aromatic heterocycles. The lowest BCUT2D eigenvalue weighted by molar-refractivity contribution is -0.720. The zero-order valence-electron chi connectivity index (χ0n) is 49.6. The third kappa shape index (κ3) is 23.3. The number of alkyl halides is 1. The molecule has 24 heteroatoms. The first kappa shape index (κ1) is 73.8. The fourth-order valence-corrected chi connectivity index (χ4v) is 9.19. The molecule has 2 N–H and O–H groups in total. The van der Waals surface area contributed by atoms with Crippen molar-refractivity contribution in [3.05, 3.63) is 179 Å². The van der Waals surface area contributed by atoms with Gasteiger partial charge in [-0.25, -0.2) is 18.7 Å². The van der Waals surface area contributed by atoms with Gasteiger partial charge >= 0.3 is 17.5 Å². The Kier molecular flexibility index (Phi) is 33.8. The average molecular weight is 1550 g/mol. The highest BCUT2D eigenvalue weighted by Crippen LogP contribution is 2.34. The molecular formula is C62H74Br6N16O2. The van der Waals surface area contributed by atoms with Crippen LogP contribution in [0.15, 0.2) is 220 Å². The molecule has 8 rings (SSSR count). The summed E-state index contributed by atoms with van der Waals surface area (Å²) in [5, 5.41) is 56.1. The van der Waals surface area contributed by atoms with Gasteiger partial charge in [0.2, 0.25) is 0 Å². The van der Waals surface area contributed by atoms with Gasteiger partial charge in [0.15, 0.2) is 16.1 Å². The van der Waals surface area contributed by atoms with Gasteiger partial charge in [0.25, 0.3) is 0 Å². The average Bonchev–Trinajstić information content (AvgIpc) is 3.33. The zero-order chi connectivity index (χ0) is 59.5. The van der Waals surface area contributed by atoms with Crippen LogP contribution >= 0.6 is 47.8 Å². The zero-order valence-corrected chi connectivity index (χ0v) is 59.1. The predicted molar refractivity (Wildman–Crippen MR) is 344 cm³/mol. The van der Waals surface area contributed by atoms with Crippen LogP contribution in [0.1, 0.15) is 40.5 Å². The Bertz CT molecular complexity index is 3400. The number of phenolic OH excluding ortho intramolecular Hbond substituents is 2. The Labute approximate surface area is 562 Å². The normalized spacial score (nSPS) is 10.8. The number of hydrogen-bond acceptors (Lipinski definition) is 15. The second-order valence-electron chi connectivity index (χ2n) is 18.9. The molecule has 456 valence electrons. The number of aryl methyl sites for hydroxylation is 2. The van der Waals surface area contributed by atoms with Crippen molar-refractivity contribution in [3.63, 3.8) is 0 Å². The summed E-state index contributed by atoms with van der Waals surface area (Å²) >= 11 is 10.4. The SMILES string of the molecule is CCN(CC)c1ccc(N=Nc2ccc(Br)cn2)c(O)c1.CCN(CC)c1ccc(N=Nc2cccc(Br)[n+]2CCC[n+]2ccccc2N=Nc2ccc(N(C)C)cc2)c(O)c1.CN(C)c1ccc(N=Nc2cccc[n+]2CCCBr)cc1.[Br-].[Br-].[Br-]. The highest BCUT2D eigenvalue weighted by Gasteiger charge is 2.17. The lowest BCUT2D eigenvalue weighted by Crippen LogP contribution is -3.00. The van der Waals surface area contributed by atoms with Crippen molar-refractivity contribution in [2.75, 3.05) is 79.3 Å². The van der Waals surface area contributed by atoms with Crippen LogP contribution in [-0.4, -0.2) is 74.9 Å². The highest BCUT2D eigenvalue weighted by atomic mass is 79.9. The highest BCUT2D eigenvalue weighted by molar-refractivity contribution is 9.10. The van der Waals surface area contributed by atoms with E-state index in [0.717, 1.165) is 112 Å². The Balaban J connectivity index is 0.000000364.